The van der Waals surface area contributed by atoms with Crippen molar-refractivity contribution in [3.63, 3.8) is 0 Å². The third-order valence-electron chi connectivity index (χ3n) is 6.92. The molecule has 2 aromatic carbocycles. The zero-order valence-electron chi connectivity index (χ0n) is 21.8. The molecular formula is C28H32N4O6. The molecule has 0 radical (unpaired) electrons. The minimum atomic E-state index is -1.73. The van der Waals surface area contributed by atoms with Crippen molar-refractivity contribution in [1.29, 1.82) is 0 Å². The standard InChI is InChI=1S/C28H32N4O6/c1-5-32-16-17(15-29-32)23-24(26(34)30-18-10-6-8-12-21(18)37-3)20(33)14-28(2,36)25(23)27(35)31-19-11-7-9-13-22(19)38-4/h6-13,15-16,23-25,36H,5,14H2,1-4H3,(H,30,34)(H,31,35)/t23-,24-,25-,28-/m1/s1. The maximum Gasteiger partial charge on any atom is 0.235 e. The van der Waals surface area contributed by atoms with Crippen LogP contribution in [0.1, 0.15) is 31.7 Å². The van der Waals surface area contributed by atoms with Gasteiger partial charge < -0.3 is 25.2 Å². The van der Waals surface area contributed by atoms with Crippen molar-refractivity contribution >= 4 is 29.0 Å². The molecule has 200 valence electrons. The number of benzene rings is 2. The van der Waals surface area contributed by atoms with E-state index in [4.69, 9.17) is 9.47 Å². The number of rotatable bonds is 8. The van der Waals surface area contributed by atoms with Gasteiger partial charge in [0, 0.05) is 25.1 Å². The SMILES string of the molecule is CCn1cc([C@@H]2[C@H](C(=O)Nc3ccccc3OC)C(=O)C[C@@](C)(O)[C@H]2C(=O)Nc2ccccc2OC)cn1. The predicted molar refractivity (Wildman–Crippen MR) is 141 cm³/mol. The number of nitrogens with zero attached hydrogens (tertiary/aromatic N) is 2. The molecule has 3 N–H and O–H groups in total. The van der Waals surface area contributed by atoms with Crippen LogP contribution in [0.2, 0.25) is 0 Å². The molecule has 0 aliphatic heterocycles. The van der Waals surface area contributed by atoms with Crippen LogP contribution in [0.4, 0.5) is 11.4 Å². The van der Waals surface area contributed by atoms with Crippen LogP contribution in [0.3, 0.4) is 0 Å². The summed E-state index contributed by atoms with van der Waals surface area (Å²) in [5.41, 5.74) is -0.432. The lowest BCUT2D eigenvalue weighted by molar-refractivity contribution is -0.150. The highest BCUT2D eigenvalue weighted by Crippen LogP contribution is 2.47. The normalized spacial score (nSPS) is 23.0. The van der Waals surface area contributed by atoms with E-state index in [1.54, 1.807) is 59.4 Å². The largest absolute Gasteiger partial charge is 0.495 e. The Hall–Kier alpha value is -4.18. The summed E-state index contributed by atoms with van der Waals surface area (Å²) in [7, 11) is 2.97. The second-order valence-electron chi connectivity index (χ2n) is 9.49. The molecule has 1 aromatic heterocycles. The molecule has 0 saturated heterocycles. The van der Waals surface area contributed by atoms with Gasteiger partial charge in [-0.25, -0.2) is 0 Å². The number of nitrogens with one attached hydrogen (secondary N) is 2. The van der Waals surface area contributed by atoms with Crippen molar-refractivity contribution in [2.75, 3.05) is 24.9 Å². The van der Waals surface area contributed by atoms with Crippen LogP contribution in [0.25, 0.3) is 0 Å². The number of methoxy groups -OCH3 is 2. The number of ether oxygens (including phenoxy) is 2. The van der Waals surface area contributed by atoms with E-state index >= 15 is 0 Å². The fraction of sp³-hybridized carbons (Fsp3) is 0.357. The highest BCUT2D eigenvalue weighted by Gasteiger charge is 2.56. The van der Waals surface area contributed by atoms with E-state index in [2.05, 4.69) is 15.7 Å². The van der Waals surface area contributed by atoms with Gasteiger partial charge in [0.2, 0.25) is 11.8 Å². The summed E-state index contributed by atoms with van der Waals surface area (Å²) in [5, 5.41) is 21.4. The van der Waals surface area contributed by atoms with Gasteiger partial charge >= 0.3 is 0 Å². The summed E-state index contributed by atoms with van der Waals surface area (Å²) in [5.74, 6) is -4.16. The molecule has 4 atom stereocenters. The zero-order valence-corrected chi connectivity index (χ0v) is 21.8. The van der Waals surface area contributed by atoms with E-state index in [0.717, 1.165) is 0 Å². The fourth-order valence-corrected chi connectivity index (χ4v) is 5.13. The number of aryl methyl sites for hydroxylation is 1. The Kier molecular flexibility index (Phi) is 7.82. The van der Waals surface area contributed by atoms with E-state index in [1.807, 2.05) is 6.92 Å². The van der Waals surface area contributed by atoms with E-state index in [1.165, 1.54) is 27.3 Å². The van der Waals surface area contributed by atoms with Crippen molar-refractivity contribution in [2.45, 2.75) is 38.3 Å². The van der Waals surface area contributed by atoms with E-state index < -0.39 is 41.0 Å². The average Bonchev–Trinajstić information content (AvgIpc) is 3.37. The first-order valence-corrected chi connectivity index (χ1v) is 12.3. The lowest BCUT2D eigenvalue weighted by Gasteiger charge is -2.44. The molecule has 2 amide bonds. The maximum atomic E-state index is 13.8. The van der Waals surface area contributed by atoms with Gasteiger partial charge in [-0.05, 0) is 43.7 Å². The number of aromatic nitrogens is 2. The van der Waals surface area contributed by atoms with Crippen LogP contribution in [0, 0.1) is 11.8 Å². The first kappa shape index (κ1) is 26.9. The van der Waals surface area contributed by atoms with Crippen LogP contribution in [-0.2, 0) is 20.9 Å². The first-order chi connectivity index (χ1) is 18.2. The summed E-state index contributed by atoms with van der Waals surface area (Å²) in [6, 6.07) is 13.7. The molecule has 10 heteroatoms. The maximum absolute atomic E-state index is 13.8. The number of aliphatic hydroxyl groups is 1. The van der Waals surface area contributed by atoms with Crippen LogP contribution < -0.4 is 20.1 Å². The lowest BCUT2D eigenvalue weighted by Crippen LogP contribution is -2.56. The highest BCUT2D eigenvalue weighted by molar-refractivity contribution is 6.11. The molecule has 1 aliphatic carbocycles. The Labute approximate surface area is 220 Å². The highest BCUT2D eigenvalue weighted by atomic mass is 16.5. The third-order valence-corrected chi connectivity index (χ3v) is 6.92. The van der Waals surface area contributed by atoms with Gasteiger partial charge in [-0.1, -0.05) is 24.3 Å². The number of amides is 2. The molecule has 3 aromatic rings. The molecule has 1 saturated carbocycles. The first-order valence-electron chi connectivity index (χ1n) is 12.3. The number of anilines is 2. The molecule has 1 aliphatic rings. The van der Waals surface area contributed by atoms with E-state index in [-0.39, 0.29) is 6.42 Å². The van der Waals surface area contributed by atoms with Crippen molar-refractivity contribution in [2.24, 2.45) is 11.8 Å². The van der Waals surface area contributed by atoms with Gasteiger partial charge in [0.15, 0.2) is 0 Å². The van der Waals surface area contributed by atoms with Crippen molar-refractivity contribution in [1.82, 2.24) is 9.78 Å². The van der Waals surface area contributed by atoms with Gasteiger partial charge in [-0.15, -0.1) is 0 Å². The number of carbonyl (C=O) groups is 3. The monoisotopic (exact) mass is 520 g/mol. The predicted octanol–water partition coefficient (Wildman–Crippen LogP) is 3.24. The van der Waals surface area contributed by atoms with Crippen LogP contribution in [0.5, 0.6) is 11.5 Å². The number of hydrogen-bond acceptors (Lipinski definition) is 7. The van der Waals surface area contributed by atoms with Crippen LogP contribution in [-0.4, -0.2) is 52.3 Å². The Morgan fingerprint density at radius 2 is 1.58 bits per heavy atom. The molecule has 38 heavy (non-hydrogen) atoms. The number of para-hydroxylation sites is 4. The Morgan fingerprint density at radius 3 is 2.11 bits per heavy atom. The fourth-order valence-electron chi connectivity index (χ4n) is 5.13. The van der Waals surface area contributed by atoms with Crippen molar-refractivity contribution < 1.29 is 29.0 Å². The second kappa shape index (κ2) is 11.1. The Morgan fingerprint density at radius 1 is 1.03 bits per heavy atom. The summed E-state index contributed by atoms with van der Waals surface area (Å²) in [6.07, 6.45) is 2.86. The van der Waals surface area contributed by atoms with Crippen LogP contribution >= 0.6 is 0 Å². The van der Waals surface area contributed by atoms with Gasteiger partial charge in [-0.2, -0.15) is 5.10 Å². The number of hydrogen-bond donors (Lipinski definition) is 3. The minimum Gasteiger partial charge on any atom is -0.495 e. The summed E-state index contributed by atoms with van der Waals surface area (Å²) >= 11 is 0. The topological polar surface area (TPSA) is 132 Å². The smallest absolute Gasteiger partial charge is 0.235 e. The quantitative estimate of drug-likeness (QED) is 0.389. The molecule has 0 unspecified atom stereocenters. The van der Waals surface area contributed by atoms with E-state index in [0.29, 0.717) is 35.0 Å². The molecule has 0 bridgehead atoms. The van der Waals surface area contributed by atoms with Crippen LogP contribution in [0.15, 0.2) is 60.9 Å². The van der Waals surface area contributed by atoms with Crippen molar-refractivity contribution in [3.05, 3.63) is 66.5 Å². The number of Topliss-reactive ketones (excluding diaryl/α,β-unsaturated/α-hetero) is 1. The molecule has 1 heterocycles. The van der Waals surface area contributed by atoms with Gasteiger partial charge in [-0.3, -0.25) is 19.1 Å². The lowest BCUT2D eigenvalue weighted by atomic mass is 9.61. The number of ketones is 1. The van der Waals surface area contributed by atoms with Gasteiger partial charge in [0.25, 0.3) is 0 Å². The van der Waals surface area contributed by atoms with Gasteiger partial charge in [0.1, 0.15) is 23.2 Å². The summed E-state index contributed by atoms with van der Waals surface area (Å²) in [4.78, 5) is 41.0. The molecule has 1 fully saturated rings. The molecular weight excluding hydrogens is 488 g/mol. The Balaban J connectivity index is 1.77. The average molecular weight is 521 g/mol. The Bertz CT molecular complexity index is 1330. The molecule has 0 spiro atoms. The summed E-state index contributed by atoms with van der Waals surface area (Å²) < 4.78 is 12.3. The number of carbonyl (C=O) groups excluding carboxylic acids is 3. The summed E-state index contributed by atoms with van der Waals surface area (Å²) in [6.45, 7) is 3.90. The van der Waals surface area contributed by atoms with E-state index in [9.17, 15) is 19.5 Å². The minimum absolute atomic E-state index is 0.376. The van der Waals surface area contributed by atoms with Crippen molar-refractivity contribution in [3.8, 4) is 11.5 Å². The molecule has 10 nitrogen and oxygen atoms in total. The molecule has 4 rings (SSSR count). The second-order valence-corrected chi connectivity index (χ2v) is 9.49. The zero-order chi connectivity index (χ0) is 27.4. The van der Waals surface area contributed by atoms with Gasteiger partial charge in [0.05, 0.1) is 43.3 Å². The third kappa shape index (κ3) is 5.26.